The highest BCUT2D eigenvalue weighted by Gasteiger charge is 2.23. The fourth-order valence-electron chi connectivity index (χ4n) is 3.64. The van der Waals surface area contributed by atoms with Gasteiger partial charge in [0.15, 0.2) is 5.16 Å². The average molecular weight is 457 g/mol. The van der Waals surface area contributed by atoms with Gasteiger partial charge >= 0.3 is 0 Å². The van der Waals surface area contributed by atoms with E-state index in [1.165, 1.54) is 23.1 Å². The summed E-state index contributed by atoms with van der Waals surface area (Å²) < 4.78 is 7.04. The number of thioether (sulfide) groups is 1. The van der Waals surface area contributed by atoms with Crippen molar-refractivity contribution in [1.29, 1.82) is 0 Å². The van der Waals surface area contributed by atoms with Crippen molar-refractivity contribution in [2.45, 2.75) is 11.7 Å². The van der Waals surface area contributed by atoms with Crippen LogP contribution in [0.5, 0.6) is 5.75 Å². The van der Waals surface area contributed by atoms with Crippen LogP contribution in [0.25, 0.3) is 10.2 Å². The van der Waals surface area contributed by atoms with Gasteiger partial charge in [-0.2, -0.15) is 0 Å². The summed E-state index contributed by atoms with van der Waals surface area (Å²) in [6.07, 6.45) is 1.67. The number of rotatable bonds is 7. The van der Waals surface area contributed by atoms with Gasteiger partial charge in [0.1, 0.15) is 10.6 Å². The lowest BCUT2D eigenvalue weighted by Crippen LogP contribution is -2.49. The van der Waals surface area contributed by atoms with Crippen molar-refractivity contribution in [3.8, 4) is 5.75 Å². The lowest BCUT2D eigenvalue weighted by atomic mass is 10.2. The van der Waals surface area contributed by atoms with E-state index in [2.05, 4.69) is 16.5 Å². The average Bonchev–Trinajstić information content (AvgIpc) is 3.28. The normalized spacial score (nSPS) is 14.1. The van der Waals surface area contributed by atoms with E-state index in [1.807, 2.05) is 34.5 Å². The Labute approximate surface area is 188 Å². The molecule has 0 aliphatic carbocycles. The Morgan fingerprint density at radius 1 is 1.26 bits per heavy atom. The maximum Gasteiger partial charge on any atom is 0.263 e. The van der Waals surface area contributed by atoms with E-state index < -0.39 is 0 Å². The molecule has 0 saturated carbocycles. The monoisotopic (exact) mass is 456 g/mol. The van der Waals surface area contributed by atoms with Crippen molar-refractivity contribution in [2.24, 2.45) is 0 Å². The van der Waals surface area contributed by atoms with Crippen LogP contribution in [0.2, 0.25) is 0 Å². The summed E-state index contributed by atoms with van der Waals surface area (Å²) in [7, 11) is 1.67. The summed E-state index contributed by atoms with van der Waals surface area (Å²) in [6.45, 7) is 6.89. The topological polar surface area (TPSA) is 67.7 Å². The second-order valence-electron chi connectivity index (χ2n) is 7.07. The number of amides is 1. The van der Waals surface area contributed by atoms with Gasteiger partial charge in [0, 0.05) is 32.7 Å². The van der Waals surface area contributed by atoms with E-state index in [4.69, 9.17) is 4.74 Å². The molecule has 3 aromatic rings. The van der Waals surface area contributed by atoms with Crippen LogP contribution in [0.15, 0.2) is 58.3 Å². The molecular weight excluding hydrogens is 432 g/mol. The molecule has 1 amide bonds. The number of carbonyl (C=O) groups excluding carboxylic acids is 1. The van der Waals surface area contributed by atoms with Crippen molar-refractivity contribution in [2.75, 3.05) is 43.9 Å². The highest BCUT2D eigenvalue weighted by molar-refractivity contribution is 7.99. The molecule has 0 spiro atoms. The van der Waals surface area contributed by atoms with Crippen LogP contribution in [-0.2, 0) is 11.3 Å². The van der Waals surface area contributed by atoms with Gasteiger partial charge in [-0.15, -0.1) is 17.9 Å². The number of piperazine rings is 1. The quantitative estimate of drug-likeness (QED) is 0.309. The van der Waals surface area contributed by atoms with Gasteiger partial charge in [-0.3, -0.25) is 14.2 Å². The number of hydrogen-bond donors (Lipinski definition) is 0. The molecule has 0 unspecified atom stereocenters. The highest BCUT2D eigenvalue weighted by Crippen LogP contribution is 2.28. The number of nitrogens with zero attached hydrogens (tertiary/aromatic N) is 4. The predicted molar refractivity (Wildman–Crippen MR) is 127 cm³/mol. The third-order valence-corrected chi connectivity index (χ3v) is 7.01. The number of aromatic nitrogens is 2. The van der Waals surface area contributed by atoms with E-state index >= 15 is 0 Å². The Bertz CT molecular complexity index is 1150. The molecule has 1 aliphatic heterocycles. The van der Waals surface area contributed by atoms with E-state index in [0.29, 0.717) is 35.0 Å². The first-order chi connectivity index (χ1) is 15.1. The molecule has 1 aromatic carbocycles. The molecule has 31 heavy (non-hydrogen) atoms. The van der Waals surface area contributed by atoms with Crippen molar-refractivity contribution in [3.63, 3.8) is 0 Å². The molecule has 2 aromatic heterocycles. The summed E-state index contributed by atoms with van der Waals surface area (Å²) in [5.74, 6) is 1.14. The summed E-state index contributed by atoms with van der Waals surface area (Å²) in [5, 5.41) is 3.02. The van der Waals surface area contributed by atoms with Gasteiger partial charge in [-0.1, -0.05) is 30.0 Å². The smallest absolute Gasteiger partial charge is 0.263 e. The number of anilines is 1. The zero-order valence-corrected chi connectivity index (χ0v) is 19.0. The predicted octanol–water partition coefficient (Wildman–Crippen LogP) is 3.09. The first kappa shape index (κ1) is 21.5. The molecular formula is C22H24N4O3S2. The first-order valence-electron chi connectivity index (χ1n) is 10.00. The third-order valence-electron chi connectivity index (χ3n) is 5.24. The van der Waals surface area contributed by atoms with Gasteiger partial charge in [0.2, 0.25) is 5.91 Å². The van der Waals surface area contributed by atoms with Crippen molar-refractivity contribution >= 4 is 44.9 Å². The number of benzene rings is 1. The number of thiophene rings is 1. The molecule has 1 fully saturated rings. The molecule has 9 heteroatoms. The van der Waals surface area contributed by atoms with Gasteiger partial charge in [-0.05, 0) is 23.6 Å². The fourth-order valence-corrected chi connectivity index (χ4v) is 5.35. The van der Waals surface area contributed by atoms with Crippen LogP contribution >= 0.6 is 23.1 Å². The zero-order chi connectivity index (χ0) is 21.8. The Balaban J connectivity index is 1.40. The minimum atomic E-state index is -0.0912. The summed E-state index contributed by atoms with van der Waals surface area (Å²) in [5.41, 5.74) is 0.958. The van der Waals surface area contributed by atoms with Gasteiger partial charge < -0.3 is 14.5 Å². The Hall–Kier alpha value is -2.78. The van der Waals surface area contributed by atoms with Crippen molar-refractivity contribution < 1.29 is 9.53 Å². The second-order valence-corrected chi connectivity index (χ2v) is 8.90. The minimum Gasteiger partial charge on any atom is -0.495 e. The minimum absolute atomic E-state index is 0.0513. The molecule has 162 valence electrons. The number of carbonyl (C=O) groups is 1. The Kier molecular flexibility index (Phi) is 6.62. The number of para-hydroxylation sites is 2. The van der Waals surface area contributed by atoms with Gasteiger partial charge in [0.05, 0.1) is 23.9 Å². The number of ether oxygens (including phenoxy) is 1. The van der Waals surface area contributed by atoms with E-state index in [1.54, 1.807) is 23.8 Å². The number of hydrogen-bond acceptors (Lipinski definition) is 7. The van der Waals surface area contributed by atoms with Crippen LogP contribution in [0.4, 0.5) is 5.69 Å². The number of allylic oxidation sites excluding steroid dienone is 1. The van der Waals surface area contributed by atoms with Crippen LogP contribution in [0.1, 0.15) is 0 Å². The highest BCUT2D eigenvalue weighted by atomic mass is 32.2. The van der Waals surface area contributed by atoms with Crippen LogP contribution < -0.4 is 15.2 Å². The SMILES string of the molecule is C=CCn1c(SCC(=O)N2CCN(c3ccccc3OC)CC2)nc2sccc2c1=O. The Morgan fingerprint density at radius 2 is 2.03 bits per heavy atom. The summed E-state index contributed by atoms with van der Waals surface area (Å²) in [6, 6.07) is 9.72. The third kappa shape index (κ3) is 4.47. The molecule has 0 bridgehead atoms. The van der Waals surface area contributed by atoms with E-state index in [9.17, 15) is 9.59 Å². The van der Waals surface area contributed by atoms with Gasteiger partial charge in [-0.25, -0.2) is 4.98 Å². The summed E-state index contributed by atoms with van der Waals surface area (Å²) >= 11 is 2.74. The maximum atomic E-state index is 12.8. The number of fused-ring (bicyclic) bond motifs is 1. The maximum absolute atomic E-state index is 12.8. The molecule has 0 N–H and O–H groups in total. The largest absolute Gasteiger partial charge is 0.495 e. The lowest BCUT2D eigenvalue weighted by Gasteiger charge is -2.36. The number of methoxy groups -OCH3 is 1. The molecule has 3 heterocycles. The molecule has 0 radical (unpaired) electrons. The van der Waals surface area contributed by atoms with E-state index in [0.717, 1.165) is 24.5 Å². The fraction of sp³-hybridized carbons (Fsp3) is 0.318. The second kappa shape index (κ2) is 9.57. The molecule has 7 nitrogen and oxygen atoms in total. The zero-order valence-electron chi connectivity index (χ0n) is 17.3. The summed E-state index contributed by atoms with van der Waals surface area (Å²) in [4.78, 5) is 35.0. The Morgan fingerprint density at radius 3 is 2.77 bits per heavy atom. The van der Waals surface area contributed by atoms with Crippen LogP contribution in [0.3, 0.4) is 0 Å². The standard InChI is InChI=1S/C22H24N4O3S2/c1-3-9-26-21(28)16-8-14-30-20(16)23-22(26)31-15-19(27)25-12-10-24(11-13-25)17-6-4-5-7-18(17)29-2/h3-8,14H,1,9-13,15H2,2H3. The van der Waals surface area contributed by atoms with Crippen LogP contribution in [-0.4, -0.2) is 59.4 Å². The van der Waals surface area contributed by atoms with E-state index in [-0.39, 0.29) is 17.2 Å². The van der Waals surface area contributed by atoms with Crippen molar-refractivity contribution in [1.82, 2.24) is 14.5 Å². The first-order valence-corrected chi connectivity index (χ1v) is 11.9. The molecule has 4 rings (SSSR count). The van der Waals surface area contributed by atoms with Crippen molar-refractivity contribution in [3.05, 3.63) is 58.7 Å². The van der Waals surface area contributed by atoms with Gasteiger partial charge in [0.25, 0.3) is 5.56 Å². The molecule has 1 saturated heterocycles. The molecule has 1 aliphatic rings. The molecule has 0 atom stereocenters. The van der Waals surface area contributed by atoms with Crippen LogP contribution in [0, 0.1) is 0 Å². The lowest BCUT2D eigenvalue weighted by molar-refractivity contribution is -0.128.